The van der Waals surface area contributed by atoms with Crippen molar-refractivity contribution in [3.63, 3.8) is 0 Å². The Labute approximate surface area is 141 Å². The van der Waals surface area contributed by atoms with Crippen molar-refractivity contribution < 1.29 is 9.47 Å². The van der Waals surface area contributed by atoms with Crippen LogP contribution >= 0.6 is 0 Å². The third-order valence-electron chi connectivity index (χ3n) is 4.71. The molecule has 1 aliphatic heterocycles. The molecule has 1 atom stereocenters. The number of nitrogens with zero attached hydrogens (tertiary/aromatic N) is 1. The second-order valence-electron chi connectivity index (χ2n) is 6.69. The summed E-state index contributed by atoms with van der Waals surface area (Å²) >= 11 is 0. The molecule has 2 fully saturated rings. The van der Waals surface area contributed by atoms with Crippen LogP contribution < -0.4 is 10.6 Å². The minimum absolute atomic E-state index is 0.306. The van der Waals surface area contributed by atoms with Gasteiger partial charge in [-0.1, -0.05) is 25.7 Å². The zero-order valence-corrected chi connectivity index (χ0v) is 14.8. The molecule has 0 bridgehead atoms. The van der Waals surface area contributed by atoms with Gasteiger partial charge in [-0.15, -0.1) is 0 Å². The van der Waals surface area contributed by atoms with Crippen LogP contribution in [0, 0.1) is 5.92 Å². The molecule has 23 heavy (non-hydrogen) atoms. The quantitative estimate of drug-likeness (QED) is 0.368. The molecule has 0 radical (unpaired) electrons. The van der Waals surface area contributed by atoms with Crippen molar-refractivity contribution in [2.45, 2.75) is 64.4 Å². The smallest absolute Gasteiger partial charge is 0.191 e. The first-order chi connectivity index (χ1) is 11.4. The maximum absolute atomic E-state index is 5.77. The molecule has 1 saturated carbocycles. The molecule has 134 valence electrons. The number of hydrogen-bond donors (Lipinski definition) is 2. The summed E-state index contributed by atoms with van der Waals surface area (Å²) in [6.45, 7) is 7.23. The van der Waals surface area contributed by atoms with Gasteiger partial charge in [0.25, 0.3) is 0 Å². The van der Waals surface area contributed by atoms with Crippen molar-refractivity contribution >= 4 is 5.96 Å². The average Bonchev–Trinajstić information content (AvgIpc) is 3.24. The predicted molar refractivity (Wildman–Crippen MR) is 95.0 cm³/mol. The summed E-state index contributed by atoms with van der Waals surface area (Å²) in [5, 5.41) is 6.78. The number of guanidine groups is 1. The highest BCUT2D eigenvalue weighted by Gasteiger charge is 2.15. The molecule has 5 nitrogen and oxygen atoms in total. The van der Waals surface area contributed by atoms with Gasteiger partial charge in [0.2, 0.25) is 0 Å². The maximum Gasteiger partial charge on any atom is 0.191 e. The molecule has 0 spiro atoms. The first-order valence-electron chi connectivity index (χ1n) is 9.60. The summed E-state index contributed by atoms with van der Waals surface area (Å²) in [5.41, 5.74) is 0. The second-order valence-corrected chi connectivity index (χ2v) is 6.69. The third-order valence-corrected chi connectivity index (χ3v) is 4.71. The van der Waals surface area contributed by atoms with Crippen LogP contribution in [-0.2, 0) is 9.47 Å². The molecule has 1 saturated heterocycles. The zero-order valence-electron chi connectivity index (χ0n) is 14.8. The molecule has 2 aliphatic rings. The lowest BCUT2D eigenvalue weighted by molar-refractivity contribution is 0.0424. The SMILES string of the molecule is CCNC(=NCCCOC1CCOC1)NCCCC1CCCC1. The van der Waals surface area contributed by atoms with Crippen LogP contribution in [0.2, 0.25) is 0 Å². The normalized spacial score (nSPS) is 22.7. The van der Waals surface area contributed by atoms with Crippen molar-refractivity contribution in [2.24, 2.45) is 10.9 Å². The molecule has 0 aromatic heterocycles. The Balaban J connectivity index is 1.51. The van der Waals surface area contributed by atoms with E-state index in [2.05, 4.69) is 22.5 Å². The Morgan fingerprint density at radius 2 is 2.04 bits per heavy atom. The second kappa shape index (κ2) is 11.7. The van der Waals surface area contributed by atoms with Gasteiger partial charge in [0.15, 0.2) is 5.96 Å². The van der Waals surface area contributed by atoms with Crippen LogP contribution in [0.5, 0.6) is 0 Å². The molecule has 1 unspecified atom stereocenters. The topological polar surface area (TPSA) is 54.9 Å². The Kier molecular flexibility index (Phi) is 9.41. The fraction of sp³-hybridized carbons (Fsp3) is 0.944. The Morgan fingerprint density at radius 3 is 2.78 bits per heavy atom. The molecule has 0 aromatic rings. The van der Waals surface area contributed by atoms with E-state index < -0.39 is 0 Å². The largest absolute Gasteiger partial charge is 0.379 e. The molecule has 1 heterocycles. The molecular formula is C18H35N3O2. The van der Waals surface area contributed by atoms with Gasteiger partial charge >= 0.3 is 0 Å². The Bertz CT molecular complexity index is 324. The summed E-state index contributed by atoms with van der Waals surface area (Å²) in [6, 6.07) is 0. The standard InChI is InChI=1S/C18H35N3O2/c1-2-19-18(20-11-5-9-16-7-3-4-8-16)21-12-6-13-23-17-10-14-22-15-17/h16-17H,2-15H2,1H3,(H2,19,20,21). The molecule has 1 aliphatic carbocycles. The van der Waals surface area contributed by atoms with E-state index in [1.165, 1.54) is 38.5 Å². The number of aliphatic imine (C=N–C) groups is 1. The van der Waals surface area contributed by atoms with E-state index in [-0.39, 0.29) is 0 Å². The van der Waals surface area contributed by atoms with Crippen LogP contribution in [0.1, 0.15) is 58.3 Å². The molecule has 0 amide bonds. The van der Waals surface area contributed by atoms with Crippen LogP contribution in [-0.4, -0.2) is 51.5 Å². The fourth-order valence-corrected chi connectivity index (χ4v) is 3.39. The van der Waals surface area contributed by atoms with Gasteiger partial charge in [-0.05, 0) is 38.5 Å². The molecule has 2 rings (SSSR count). The minimum atomic E-state index is 0.306. The van der Waals surface area contributed by atoms with E-state index >= 15 is 0 Å². The first-order valence-corrected chi connectivity index (χ1v) is 9.60. The van der Waals surface area contributed by atoms with Crippen molar-refractivity contribution in [3.05, 3.63) is 0 Å². The average molecular weight is 325 g/mol. The van der Waals surface area contributed by atoms with Crippen LogP contribution in [0.3, 0.4) is 0 Å². The highest BCUT2D eigenvalue weighted by molar-refractivity contribution is 5.79. The van der Waals surface area contributed by atoms with Gasteiger partial charge < -0.3 is 20.1 Å². The van der Waals surface area contributed by atoms with E-state index in [1.54, 1.807) is 0 Å². The highest BCUT2D eigenvalue weighted by atomic mass is 16.5. The van der Waals surface area contributed by atoms with E-state index in [1.807, 2.05) is 0 Å². The van der Waals surface area contributed by atoms with Crippen LogP contribution in [0.25, 0.3) is 0 Å². The molecule has 2 N–H and O–H groups in total. The summed E-state index contributed by atoms with van der Waals surface area (Å²) in [7, 11) is 0. The summed E-state index contributed by atoms with van der Waals surface area (Å²) in [5.74, 6) is 1.93. The van der Waals surface area contributed by atoms with E-state index in [0.717, 1.165) is 64.2 Å². The van der Waals surface area contributed by atoms with Gasteiger partial charge in [0.05, 0.1) is 12.7 Å². The lowest BCUT2D eigenvalue weighted by atomic mass is 10.0. The van der Waals surface area contributed by atoms with E-state index in [4.69, 9.17) is 9.47 Å². The van der Waals surface area contributed by atoms with Crippen molar-refractivity contribution in [2.75, 3.05) is 39.5 Å². The van der Waals surface area contributed by atoms with Gasteiger partial charge in [-0.2, -0.15) is 0 Å². The number of rotatable bonds is 10. The Morgan fingerprint density at radius 1 is 1.17 bits per heavy atom. The van der Waals surface area contributed by atoms with E-state index in [9.17, 15) is 0 Å². The summed E-state index contributed by atoms with van der Waals surface area (Å²) < 4.78 is 11.1. The highest BCUT2D eigenvalue weighted by Crippen LogP contribution is 2.28. The van der Waals surface area contributed by atoms with Gasteiger partial charge in [0.1, 0.15) is 0 Å². The monoisotopic (exact) mass is 325 g/mol. The Hall–Kier alpha value is -0.810. The van der Waals surface area contributed by atoms with Gasteiger partial charge in [-0.25, -0.2) is 0 Å². The maximum atomic E-state index is 5.77. The predicted octanol–water partition coefficient (Wildman–Crippen LogP) is 2.71. The fourth-order valence-electron chi connectivity index (χ4n) is 3.39. The van der Waals surface area contributed by atoms with E-state index in [0.29, 0.717) is 6.10 Å². The molecular weight excluding hydrogens is 290 g/mol. The van der Waals surface area contributed by atoms with Crippen molar-refractivity contribution in [1.82, 2.24) is 10.6 Å². The van der Waals surface area contributed by atoms with Crippen molar-refractivity contribution in [1.29, 1.82) is 0 Å². The first kappa shape index (κ1) is 18.5. The van der Waals surface area contributed by atoms with Gasteiger partial charge in [0, 0.05) is 32.8 Å². The minimum Gasteiger partial charge on any atom is -0.379 e. The molecule has 0 aromatic carbocycles. The van der Waals surface area contributed by atoms with Crippen molar-refractivity contribution in [3.8, 4) is 0 Å². The van der Waals surface area contributed by atoms with Gasteiger partial charge in [-0.3, -0.25) is 4.99 Å². The number of hydrogen-bond acceptors (Lipinski definition) is 3. The van der Waals surface area contributed by atoms with Crippen LogP contribution in [0.15, 0.2) is 4.99 Å². The number of nitrogens with one attached hydrogen (secondary N) is 2. The molecule has 5 heteroatoms. The lowest BCUT2D eigenvalue weighted by Gasteiger charge is -2.13. The third kappa shape index (κ3) is 8.02. The summed E-state index contributed by atoms with van der Waals surface area (Å²) in [6.07, 6.45) is 10.7. The zero-order chi connectivity index (χ0) is 16.2. The lowest BCUT2D eigenvalue weighted by Crippen LogP contribution is -2.38. The van der Waals surface area contributed by atoms with Crippen LogP contribution in [0.4, 0.5) is 0 Å². The number of ether oxygens (including phenoxy) is 2. The summed E-state index contributed by atoms with van der Waals surface area (Å²) in [4.78, 5) is 4.63.